The minimum Gasteiger partial charge on any atom is -0.481 e. The zero-order valence-electron chi connectivity index (χ0n) is 34.7. The van der Waals surface area contributed by atoms with E-state index in [1.807, 2.05) is 0 Å². The van der Waals surface area contributed by atoms with Crippen molar-refractivity contribution in [2.45, 2.75) is 167 Å². The molecule has 0 radical (unpaired) electrons. The summed E-state index contributed by atoms with van der Waals surface area (Å²) >= 11 is 0. The molecule has 304 valence electrons. The lowest BCUT2D eigenvalue weighted by atomic mass is 9.33. The molecule has 0 unspecified atom stereocenters. The lowest BCUT2D eigenvalue weighted by molar-refractivity contribution is -0.221. The van der Waals surface area contributed by atoms with Crippen LogP contribution in [0.5, 0.6) is 0 Å². The van der Waals surface area contributed by atoms with Gasteiger partial charge in [-0.2, -0.15) is 0 Å². The minimum absolute atomic E-state index is 0.00337. The van der Waals surface area contributed by atoms with Crippen LogP contribution in [-0.4, -0.2) is 65.5 Å². The van der Waals surface area contributed by atoms with Crippen LogP contribution in [0.3, 0.4) is 0 Å². The fourth-order valence-electron chi connectivity index (χ4n) is 15.5. The Labute approximate surface area is 327 Å². The Hall–Kier alpha value is -1.48. The van der Waals surface area contributed by atoms with Gasteiger partial charge in [0.15, 0.2) is 0 Å². The second-order valence-electron chi connectivity index (χ2n) is 21.5. The van der Waals surface area contributed by atoms with Gasteiger partial charge in [0, 0.05) is 11.8 Å². The number of allylic oxidation sites excluding steroid dienone is 5. The molecule has 10 atom stereocenters. The maximum absolute atomic E-state index is 12.2. The first-order chi connectivity index (χ1) is 25.1. The van der Waals surface area contributed by atoms with E-state index >= 15 is 0 Å². The molecule has 7 nitrogen and oxygen atoms in total. The number of carbonyl (C=O) groups is 1. The van der Waals surface area contributed by atoms with Crippen molar-refractivity contribution in [3.63, 3.8) is 0 Å². The second kappa shape index (κ2) is 13.5. The summed E-state index contributed by atoms with van der Waals surface area (Å²) in [6.45, 7) is 20.3. The molecular formula is C46H73NO6S. The number of aliphatic carboxylic acids is 1. The van der Waals surface area contributed by atoms with Crippen LogP contribution in [0.1, 0.15) is 151 Å². The number of rotatable bonds is 9. The SMILES string of the molecule is C=C(C)[C@@H]1CC[C@]2(NCC[C@]3(O)CC[C@@H](S(C)(=O)=O)CC3)CC[C@]3(C)[C@H](CC[C@@H]4[C@@]5(C)CC=C(C6=CC[C@@](CO)(C(=O)O)CC6)C(C)(C)[C@@H]5CC[C@]43C)[C@@H]12. The molecule has 0 aliphatic heterocycles. The van der Waals surface area contributed by atoms with E-state index in [9.17, 15) is 28.5 Å². The zero-order chi connectivity index (χ0) is 39.3. The molecule has 0 aromatic rings. The Bertz CT molecular complexity index is 1690. The standard InChI is InChI=1S/C46H73NO6S/c1-30(2)33-15-24-46(47-28-27-45(51)22-13-32(14-23-45)54(8,52)53)26-25-42(6)35(38(33)46)9-10-37-41(5)18-16-34(40(3,4)36(41)17-19-43(37,42)7)31-11-20-44(29-48,21-12-31)39(49)50/h11,16,32-33,35-38,47-48,51H,1,9-10,12-15,17-29H2,2-8H3,(H,49,50)/t32-,33-,35+,36-,37+,38+,41-,42+,43+,44+,45+,46-/m0/s1. The van der Waals surface area contributed by atoms with Gasteiger partial charge in [0.05, 0.1) is 22.9 Å². The van der Waals surface area contributed by atoms with Gasteiger partial charge >= 0.3 is 5.97 Å². The zero-order valence-corrected chi connectivity index (χ0v) is 35.6. The number of aliphatic hydroxyl groups is 2. The van der Waals surface area contributed by atoms with E-state index < -0.39 is 26.8 Å². The lowest BCUT2D eigenvalue weighted by Crippen LogP contribution is -2.68. The first-order valence-electron chi connectivity index (χ1n) is 21.7. The topological polar surface area (TPSA) is 124 Å². The first-order valence-corrected chi connectivity index (χ1v) is 23.6. The van der Waals surface area contributed by atoms with Crippen LogP contribution < -0.4 is 5.32 Å². The molecule has 7 rings (SSSR count). The summed E-state index contributed by atoms with van der Waals surface area (Å²) in [7, 11) is -3.07. The van der Waals surface area contributed by atoms with Crippen LogP contribution in [0.25, 0.3) is 0 Å². The Balaban J connectivity index is 1.12. The summed E-state index contributed by atoms with van der Waals surface area (Å²) in [5.74, 6) is 1.98. The highest BCUT2D eigenvalue weighted by molar-refractivity contribution is 7.91. The monoisotopic (exact) mass is 768 g/mol. The summed E-state index contributed by atoms with van der Waals surface area (Å²) in [6.07, 6.45) is 21.4. The molecule has 7 aliphatic rings. The molecule has 5 saturated carbocycles. The number of sulfone groups is 1. The minimum atomic E-state index is -3.07. The third-order valence-electron chi connectivity index (χ3n) is 18.9. The Morgan fingerprint density at radius 2 is 1.57 bits per heavy atom. The predicted octanol–water partition coefficient (Wildman–Crippen LogP) is 8.80. The summed E-state index contributed by atoms with van der Waals surface area (Å²) in [5, 5.41) is 35.3. The van der Waals surface area contributed by atoms with Crippen molar-refractivity contribution in [3.8, 4) is 0 Å². The highest BCUT2D eigenvalue weighted by atomic mass is 32.2. The number of fused-ring (bicyclic) bond motifs is 7. The third kappa shape index (κ3) is 6.10. The van der Waals surface area contributed by atoms with Gasteiger partial charge in [-0.25, -0.2) is 8.42 Å². The van der Waals surface area contributed by atoms with E-state index in [1.165, 1.54) is 74.3 Å². The summed E-state index contributed by atoms with van der Waals surface area (Å²) in [4.78, 5) is 12.1. The van der Waals surface area contributed by atoms with E-state index in [1.54, 1.807) is 0 Å². The average molecular weight is 768 g/mol. The maximum Gasteiger partial charge on any atom is 0.312 e. The number of hydrogen-bond donors (Lipinski definition) is 4. The van der Waals surface area contributed by atoms with Crippen molar-refractivity contribution in [3.05, 3.63) is 35.5 Å². The van der Waals surface area contributed by atoms with Crippen molar-refractivity contribution in [1.82, 2.24) is 5.32 Å². The Morgan fingerprint density at radius 3 is 2.17 bits per heavy atom. The van der Waals surface area contributed by atoms with Crippen molar-refractivity contribution in [2.75, 3.05) is 19.4 Å². The van der Waals surface area contributed by atoms with Gasteiger partial charge in [-0.3, -0.25) is 4.79 Å². The Kier molecular flexibility index (Phi) is 10.2. The number of carboxylic acids is 1. The molecule has 0 aromatic heterocycles. The van der Waals surface area contributed by atoms with Crippen LogP contribution >= 0.6 is 0 Å². The number of carboxylic acid groups (broad SMARTS) is 1. The van der Waals surface area contributed by atoms with Gasteiger partial charge in [0.25, 0.3) is 0 Å². The summed E-state index contributed by atoms with van der Waals surface area (Å²) in [6, 6.07) is 0. The largest absolute Gasteiger partial charge is 0.481 e. The first kappa shape index (κ1) is 40.7. The second-order valence-corrected chi connectivity index (χ2v) is 23.8. The molecular weight excluding hydrogens is 695 g/mol. The number of nitrogens with one attached hydrogen (secondary N) is 1. The van der Waals surface area contributed by atoms with E-state index in [0.717, 1.165) is 19.4 Å². The van der Waals surface area contributed by atoms with Gasteiger partial charge in [0.2, 0.25) is 0 Å². The molecule has 4 N–H and O–H groups in total. The maximum atomic E-state index is 12.2. The van der Waals surface area contributed by atoms with E-state index in [0.29, 0.717) is 74.5 Å². The average Bonchev–Trinajstić information content (AvgIpc) is 3.48. The number of hydrogen-bond acceptors (Lipinski definition) is 6. The van der Waals surface area contributed by atoms with Gasteiger partial charge in [-0.1, -0.05) is 58.9 Å². The van der Waals surface area contributed by atoms with Crippen molar-refractivity contribution >= 4 is 15.8 Å². The highest BCUT2D eigenvalue weighted by Crippen LogP contribution is 2.76. The van der Waals surface area contributed by atoms with Gasteiger partial charge in [0.1, 0.15) is 9.84 Å². The summed E-state index contributed by atoms with van der Waals surface area (Å²) < 4.78 is 24.4. The van der Waals surface area contributed by atoms with E-state index in [2.05, 4.69) is 65.6 Å². The molecule has 5 fully saturated rings. The molecule has 0 bridgehead atoms. The van der Waals surface area contributed by atoms with Crippen LogP contribution in [0.2, 0.25) is 0 Å². The third-order valence-corrected chi connectivity index (χ3v) is 20.6. The molecule has 8 heteroatoms. The molecule has 0 heterocycles. The van der Waals surface area contributed by atoms with Gasteiger partial charge in [-0.15, -0.1) is 0 Å². The molecule has 0 aromatic carbocycles. The highest BCUT2D eigenvalue weighted by Gasteiger charge is 2.70. The van der Waals surface area contributed by atoms with E-state index in [4.69, 9.17) is 0 Å². The predicted molar refractivity (Wildman–Crippen MR) is 216 cm³/mol. The molecule has 54 heavy (non-hydrogen) atoms. The van der Waals surface area contributed by atoms with Crippen molar-refractivity contribution in [1.29, 1.82) is 0 Å². The van der Waals surface area contributed by atoms with Crippen LogP contribution in [0, 0.1) is 56.7 Å². The van der Waals surface area contributed by atoms with Gasteiger partial charge < -0.3 is 20.6 Å². The quantitative estimate of drug-likeness (QED) is 0.173. The molecule has 7 aliphatic carbocycles. The summed E-state index contributed by atoms with van der Waals surface area (Å²) in [5.41, 5.74) is 2.96. The smallest absolute Gasteiger partial charge is 0.312 e. The van der Waals surface area contributed by atoms with Crippen LogP contribution in [0.15, 0.2) is 35.5 Å². The van der Waals surface area contributed by atoms with E-state index in [-0.39, 0.29) is 39.1 Å². The fourth-order valence-corrected chi connectivity index (χ4v) is 16.6. The molecule has 0 amide bonds. The van der Waals surface area contributed by atoms with Crippen LogP contribution in [-0.2, 0) is 14.6 Å². The fraction of sp³-hybridized carbons (Fsp3) is 0.848. The molecule has 0 saturated heterocycles. The molecule has 0 spiro atoms. The van der Waals surface area contributed by atoms with Crippen molar-refractivity contribution < 1.29 is 28.5 Å². The van der Waals surface area contributed by atoms with Crippen LogP contribution in [0.4, 0.5) is 0 Å². The Morgan fingerprint density at radius 1 is 0.870 bits per heavy atom. The lowest BCUT2D eigenvalue weighted by Gasteiger charge is -2.72. The normalized spacial score (nSPS) is 47.3. The van der Waals surface area contributed by atoms with Gasteiger partial charge in [-0.05, 0) is 185 Å². The van der Waals surface area contributed by atoms with Crippen molar-refractivity contribution in [2.24, 2.45) is 56.7 Å². The number of aliphatic hydroxyl groups excluding tert-OH is 1.